The highest BCUT2D eigenvalue weighted by molar-refractivity contribution is 6.13. The second kappa shape index (κ2) is 4.72. The van der Waals surface area contributed by atoms with Crippen LogP contribution in [0.5, 0.6) is 0 Å². The lowest BCUT2D eigenvalue weighted by atomic mass is 9.93. The van der Waals surface area contributed by atoms with E-state index >= 15 is 0 Å². The molecule has 0 atom stereocenters. The van der Waals surface area contributed by atoms with Gasteiger partial charge in [-0.05, 0) is 25.0 Å². The number of aryl methyl sites for hydroxylation is 1. The van der Waals surface area contributed by atoms with Crippen LogP contribution in [0.25, 0.3) is 0 Å². The van der Waals surface area contributed by atoms with Crippen LogP contribution in [0.2, 0.25) is 0 Å². The van der Waals surface area contributed by atoms with E-state index in [-0.39, 0.29) is 11.7 Å². The van der Waals surface area contributed by atoms with Crippen LogP contribution in [-0.4, -0.2) is 16.7 Å². The van der Waals surface area contributed by atoms with Gasteiger partial charge in [0.05, 0.1) is 11.1 Å². The number of Topliss-reactive ketones (excluding diaryl/α,β-unsaturated/α-hetero) is 1. The quantitative estimate of drug-likeness (QED) is 0.865. The van der Waals surface area contributed by atoms with Crippen LogP contribution in [0, 0.1) is 0 Å². The lowest BCUT2D eigenvalue weighted by Crippen LogP contribution is -2.17. The van der Waals surface area contributed by atoms with Crippen LogP contribution in [0.3, 0.4) is 0 Å². The summed E-state index contributed by atoms with van der Waals surface area (Å²) in [5.41, 5.74) is 2.63. The highest BCUT2D eigenvalue weighted by Gasteiger charge is 2.25. The maximum Gasteiger partial charge on any atom is 0.257 e. The monoisotopic (exact) mass is 254 g/mol. The number of carbonyl (C=O) groups excluding carboxylic acids is 2. The Morgan fingerprint density at radius 2 is 1.95 bits per heavy atom. The molecule has 0 saturated carbocycles. The van der Waals surface area contributed by atoms with Crippen molar-refractivity contribution in [2.75, 3.05) is 5.32 Å². The van der Waals surface area contributed by atoms with Crippen molar-refractivity contribution in [3.05, 3.63) is 53.3 Å². The Balaban J connectivity index is 1.89. The molecular weight excluding hydrogens is 240 g/mol. The fourth-order valence-electron chi connectivity index (χ4n) is 2.43. The van der Waals surface area contributed by atoms with Crippen LogP contribution < -0.4 is 5.32 Å². The van der Waals surface area contributed by atoms with Gasteiger partial charge in [-0.2, -0.15) is 0 Å². The lowest BCUT2D eigenvalue weighted by Gasteiger charge is -2.11. The number of anilines is 1. The average molecular weight is 254 g/mol. The second-order valence-electron chi connectivity index (χ2n) is 4.65. The number of aromatic amines is 1. The first-order valence-corrected chi connectivity index (χ1v) is 6.35. The molecule has 4 nitrogen and oxygen atoms in total. The molecule has 0 saturated heterocycles. The molecule has 1 amide bonds. The van der Waals surface area contributed by atoms with Crippen LogP contribution in [0.15, 0.2) is 36.5 Å². The molecule has 0 fully saturated rings. The van der Waals surface area contributed by atoms with E-state index in [1.165, 1.54) is 0 Å². The maximum atomic E-state index is 12.2. The maximum absolute atomic E-state index is 12.2. The van der Waals surface area contributed by atoms with Gasteiger partial charge < -0.3 is 10.3 Å². The molecule has 2 N–H and O–H groups in total. The average Bonchev–Trinajstić information content (AvgIpc) is 2.85. The molecular formula is C15H14N2O2. The van der Waals surface area contributed by atoms with Crippen molar-refractivity contribution in [1.82, 2.24) is 4.98 Å². The van der Waals surface area contributed by atoms with Crippen molar-refractivity contribution in [1.29, 1.82) is 0 Å². The standard InChI is InChI=1S/C15H14N2O2/c18-13-8-4-7-12-14(13)11(9-16-12)15(19)17-10-5-2-1-3-6-10/h1-3,5-6,9,16H,4,7-8H2,(H,17,19). The lowest BCUT2D eigenvalue weighted by molar-refractivity contribution is 0.0956. The third-order valence-electron chi connectivity index (χ3n) is 3.35. The highest BCUT2D eigenvalue weighted by Crippen LogP contribution is 2.24. The Morgan fingerprint density at radius 1 is 1.16 bits per heavy atom. The smallest absolute Gasteiger partial charge is 0.257 e. The molecule has 96 valence electrons. The number of fused-ring (bicyclic) bond motifs is 1. The summed E-state index contributed by atoms with van der Waals surface area (Å²) in [6, 6.07) is 9.23. The summed E-state index contributed by atoms with van der Waals surface area (Å²) in [6.45, 7) is 0. The molecule has 0 bridgehead atoms. The minimum atomic E-state index is -0.237. The van der Waals surface area contributed by atoms with Gasteiger partial charge in [-0.15, -0.1) is 0 Å². The minimum absolute atomic E-state index is 0.0562. The van der Waals surface area contributed by atoms with Crippen molar-refractivity contribution in [3.63, 3.8) is 0 Å². The van der Waals surface area contributed by atoms with Gasteiger partial charge in [-0.3, -0.25) is 9.59 Å². The molecule has 19 heavy (non-hydrogen) atoms. The molecule has 0 spiro atoms. The Labute approximate surface area is 110 Å². The molecule has 1 aromatic heterocycles. The summed E-state index contributed by atoms with van der Waals surface area (Å²) in [6.07, 6.45) is 3.84. The van der Waals surface area contributed by atoms with Crippen LogP contribution in [-0.2, 0) is 6.42 Å². The Kier molecular flexibility index (Phi) is 2.91. The van der Waals surface area contributed by atoms with Gasteiger partial charge in [-0.25, -0.2) is 0 Å². The van der Waals surface area contributed by atoms with E-state index in [1.54, 1.807) is 6.20 Å². The fourth-order valence-corrected chi connectivity index (χ4v) is 2.43. The number of para-hydroxylation sites is 1. The highest BCUT2D eigenvalue weighted by atomic mass is 16.2. The predicted molar refractivity (Wildman–Crippen MR) is 72.5 cm³/mol. The zero-order chi connectivity index (χ0) is 13.2. The zero-order valence-corrected chi connectivity index (χ0v) is 10.4. The third kappa shape index (κ3) is 2.17. The molecule has 1 heterocycles. The Morgan fingerprint density at radius 3 is 2.74 bits per heavy atom. The van der Waals surface area contributed by atoms with Gasteiger partial charge in [0, 0.05) is 24.0 Å². The predicted octanol–water partition coefficient (Wildman–Crippen LogP) is 2.79. The van der Waals surface area contributed by atoms with Crippen molar-refractivity contribution in [2.45, 2.75) is 19.3 Å². The van der Waals surface area contributed by atoms with E-state index in [9.17, 15) is 9.59 Å². The molecule has 1 aliphatic rings. The Hall–Kier alpha value is -2.36. The minimum Gasteiger partial charge on any atom is -0.364 e. The molecule has 1 aromatic carbocycles. The topological polar surface area (TPSA) is 62.0 Å². The Bertz CT molecular complexity index is 629. The zero-order valence-electron chi connectivity index (χ0n) is 10.4. The van der Waals surface area contributed by atoms with E-state index in [1.807, 2.05) is 30.3 Å². The van der Waals surface area contributed by atoms with Crippen molar-refractivity contribution in [3.8, 4) is 0 Å². The normalized spacial score (nSPS) is 14.0. The molecule has 2 aromatic rings. The number of carbonyl (C=O) groups is 2. The number of hydrogen-bond donors (Lipinski definition) is 2. The van der Waals surface area contributed by atoms with Crippen LogP contribution in [0.4, 0.5) is 5.69 Å². The molecule has 4 heteroatoms. The van der Waals surface area contributed by atoms with Crippen molar-refractivity contribution < 1.29 is 9.59 Å². The molecule has 0 aliphatic heterocycles. The van der Waals surface area contributed by atoms with Gasteiger partial charge in [0.25, 0.3) is 5.91 Å². The first-order chi connectivity index (χ1) is 9.25. The summed E-state index contributed by atoms with van der Waals surface area (Å²) in [5.74, 6) is -0.181. The van der Waals surface area contributed by atoms with E-state index in [4.69, 9.17) is 0 Å². The number of rotatable bonds is 2. The van der Waals surface area contributed by atoms with Gasteiger partial charge in [-0.1, -0.05) is 18.2 Å². The summed E-state index contributed by atoms with van der Waals surface area (Å²) >= 11 is 0. The number of aromatic nitrogens is 1. The molecule has 3 rings (SSSR count). The van der Waals surface area contributed by atoms with E-state index in [0.717, 1.165) is 24.2 Å². The van der Waals surface area contributed by atoms with Gasteiger partial charge in [0.15, 0.2) is 5.78 Å². The van der Waals surface area contributed by atoms with Crippen LogP contribution in [0.1, 0.15) is 39.3 Å². The number of H-pyrrole nitrogens is 1. The van der Waals surface area contributed by atoms with E-state index < -0.39 is 0 Å². The van der Waals surface area contributed by atoms with Crippen molar-refractivity contribution >= 4 is 17.4 Å². The van der Waals surface area contributed by atoms with Gasteiger partial charge >= 0.3 is 0 Å². The summed E-state index contributed by atoms with van der Waals surface area (Å²) in [5, 5.41) is 2.80. The van der Waals surface area contributed by atoms with E-state index in [2.05, 4.69) is 10.3 Å². The summed E-state index contributed by atoms with van der Waals surface area (Å²) in [7, 11) is 0. The summed E-state index contributed by atoms with van der Waals surface area (Å²) < 4.78 is 0. The van der Waals surface area contributed by atoms with E-state index in [0.29, 0.717) is 17.5 Å². The second-order valence-corrected chi connectivity index (χ2v) is 4.65. The molecule has 1 aliphatic carbocycles. The fraction of sp³-hybridized carbons (Fsp3) is 0.200. The number of nitrogens with one attached hydrogen (secondary N) is 2. The largest absolute Gasteiger partial charge is 0.364 e. The van der Waals surface area contributed by atoms with Crippen LogP contribution >= 0.6 is 0 Å². The first kappa shape index (κ1) is 11.7. The van der Waals surface area contributed by atoms with Gasteiger partial charge in [0.1, 0.15) is 0 Å². The number of benzene rings is 1. The molecule has 0 radical (unpaired) electrons. The number of hydrogen-bond acceptors (Lipinski definition) is 2. The van der Waals surface area contributed by atoms with Crippen molar-refractivity contribution in [2.24, 2.45) is 0 Å². The van der Waals surface area contributed by atoms with Gasteiger partial charge in [0.2, 0.25) is 0 Å². The first-order valence-electron chi connectivity index (χ1n) is 6.35. The number of amides is 1. The third-order valence-corrected chi connectivity index (χ3v) is 3.35. The SMILES string of the molecule is O=C(Nc1ccccc1)c1c[nH]c2c1C(=O)CCC2. The summed E-state index contributed by atoms with van der Waals surface area (Å²) in [4.78, 5) is 27.2. The molecule has 0 unspecified atom stereocenters. The number of ketones is 1.